The lowest BCUT2D eigenvalue weighted by Crippen LogP contribution is -2.30. The number of benzene rings is 1. The highest BCUT2D eigenvalue weighted by molar-refractivity contribution is 5.98. The number of hydrogen-bond acceptors (Lipinski definition) is 4. The molecule has 0 bridgehead atoms. The molecule has 3 rings (SSSR count). The monoisotopic (exact) mass is 355 g/mol. The zero-order valence-electron chi connectivity index (χ0n) is 15.5. The van der Waals surface area contributed by atoms with Crippen LogP contribution < -0.4 is 5.32 Å². The Morgan fingerprint density at radius 1 is 1.27 bits per heavy atom. The molecule has 1 heterocycles. The minimum absolute atomic E-state index is 0.0551. The van der Waals surface area contributed by atoms with Gasteiger partial charge in [-0.1, -0.05) is 24.1 Å². The van der Waals surface area contributed by atoms with Gasteiger partial charge in [-0.25, -0.2) is 0 Å². The smallest absolute Gasteiger partial charge is 0.254 e. The zero-order valence-corrected chi connectivity index (χ0v) is 15.5. The van der Waals surface area contributed by atoms with Crippen LogP contribution in [-0.4, -0.2) is 28.9 Å². The number of amides is 2. The molecule has 138 valence electrons. The maximum absolute atomic E-state index is 12.8. The molecule has 1 saturated carbocycles. The highest BCUT2D eigenvalue weighted by Crippen LogP contribution is 2.27. The lowest BCUT2D eigenvalue weighted by Gasteiger charge is -2.23. The van der Waals surface area contributed by atoms with Crippen LogP contribution in [0.15, 0.2) is 35.1 Å². The molecule has 6 heteroatoms. The van der Waals surface area contributed by atoms with Gasteiger partial charge in [0, 0.05) is 30.3 Å². The summed E-state index contributed by atoms with van der Waals surface area (Å²) < 4.78 is 4.86. The van der Waals surface area contributed by atoms with Gasteiger partial charge >= 0.3 is 0 Å². The molecular weight excluding hydrogens is 330 g/mol. The highest BCUT2D eigenvalue weighted by Gasteiger charge is 2.24. The van der Waals surface area contributed by atoms with E-state index in [-0.39, 0.29) is 23.8 Å². The molecule has 1 aromatic carbocycles. The van der Waals surface area contributed by atoms with Crippen LogP contribution in [0.1, 0.15) is 60.3 Å². The second-order valence-corrected chi connectivity index (χ2v) is 7.02. The van der Waals surface area contributed by atoms with Crippen molar-refractivity contribution in [2.75, 3.05) is 12.4 Å². The van der Waals surface area contributed by atoms with E-state index in [9.17, 15) is 9.59 Å². The quantitative estimate of drug-likeness (QED) is 0.881. The van der Waals surface area contributed by atoms with Gasteiger partial charge < -0.3 is 14.7 Å². The summed E-state index contributed by atoms with van der Waals surface area (Å²) in [6.45, 7) is 3.83. The standard InChI is InChI=1S/C20H25N3O3/c1-13-8-9-16(12-18(13)21-19(24)15-6-4-5-7-15)20(25)23(3)14(2)17-10-11-26-22-17/h8-12,14-15H,4-7H2,1-3H3,(H,21,24)/t14-/m1/s1. The number of carbonyl (C=O) groups excluding carboxylic acids is 2. The molecule has 2 amide bonds. The van der Waals surface area contributed by atoms with Crippen molar-refractivity contribution in [1.29, 1.82) is 0 Å². The number of aromatic nitrogens is 1. The highest BCUT2D eigenvalue weighted by atomic mass is 16.5. The molecule has 0 unspecified atom stereocenters. The fourth-order valence-corrected chi connectivity index (χ4v) is 3.33. The number of rotatable bonds is 5. The van der Waals surface area contributed by atoms with Crippen molar-refractivity contribution >= 4 is 17.5 Å². The Kier molecular flexibility index (Phi) is 5.40. The average molecular weight is 355 g/mol. The van der Waals surface area contributed by atoms with Crippen molar-refractivity contribution in [1.82, 2.24) is 10.1 Å². The lowest BCUT2D eigenvalue weighted by atomic mass is 10.1. The Labute approximate surface area is 153 Å². The van der Waals surface area contributed by atoms with Gasteiger partial charge in [0.25, 0.3) is 5.91 Å². The molecular formula is C20H25N3O3. The van der Waals surface area contributed by atoms with Crippen LogP contribution in [0.25, 0.3) is 0 Å². The second kappa shape index (κ2) is 7.72. The van der Waals surface area contributed by atoms with Crippen molar-refractivity contribution in [2.45, 2.75) is 45.6 Å². The largest absolute Gasteiger partial charge is 0.364 e. The third-order valence-corrected chi connectivity index (χ3v) is 5.26. The van der Waals surface area contributed by atoms with Gasteiger partial charge in [0.2, 0.25) is 5.91 Å². The van der Waals surface area contributed by atoms with E-state index < -0.39 is 0 Å². The Morgan fingerprint density at radius 2 is 2.00 bits per heavy atom. The predicted octanol–water partition coefficient (Wildman–Crippen LogP) is 3.94. The van der Waals surface area contributed by atoms with Gasteiger partial charge in [-0.15, -0.1) is 0 Å². The second-order valence-electron chi connectivity index (χ2n) is 7.02. The van der Waals surface area contributed by atoms with E-state index in [1.807, 2.05) is 19.9 Å². The third kappa shape index (κ3) is 3.79. The van der Waals surface area contributed by atoms with Crippen LogP contribution in [-0.2, 0) is 4.79 Å². The minimum atomic E-state index is -0.209. The molecule has 0 spiro atoms. The van der Waals surface area contributed by atoms with Crippen molar-refractivity contribution in [3.05, 3.63) is 47.3 Å². The molecule has 1 aromatic heterocycles. The van der Waals surface area contributed by atoms with Crippen molar-refractivity contribution < 1.29 is 14.1 Å². The van der Waals surface area contributed by atoms with E-state index in [1.54, 1.807) is 30.1 Å². The first-order valence-corrected chi connectivity index (χ1v) is 9.06. The van der Waals surface area contributed by atoms with E-state index in [2.05, 4.69) is 10.5 Å². The summed E-state index contributed by atoms with van der Waals surface area (Å²) in [6, 6.07) is 6.95. The van der Waals surface area contributed by atoms with Gasteiger partial charge in [-0.05, 0) is 44.4 Å². The maximum atomic E-state index is 12.8. The summed E-state index contributed by atoms with van der Waals surface area (Å²) in [6.07, 6.45) is 5.61. The summed E-state index contributed by atoms with van der Waals surface area (Å²) in [7, 11) is 1.73. The third-order valence-electron chi connectivity index (χ3n) is 5.26. The van der Waals surface area contributed by atoms with Crippen LogP contribution in [0, 0.1) is 12.8 Å². The first kappa shape index (κ1) is 18.2. The van der Waals surface area contributed by atoms with E-state index in [0.29, 0.717) is 16.9 Å². The molecule has 0 saturated heterocycles. The van der Waals surface area contributed by atoms with Gasteiger partial charge in [0.1, 0.15) is 12.0 Å². The summed E-state index contributed by atoms with van der Waals surface area (Å²) in [5, 5.41) is 6.91. The van der Waals surface area contributed by atoms with Crippen LogP contribution in [0.4, 0.5) is 5.69 Å². The number of carbonyl (C=O) groups is 2. The van der Waals surface area contributed by atoms with E-state index in [1.165, 1.54) is 6.26 Å². The number of anilines is 1. The Bertz CT molecular complexity index is 780. The Hall–Kier alpha value is -2.63. The van der Waals surface area contributed by atoms with E-state index in [4.69, 9.17) is 4.52 Å². The number of hydrogen-bond donors (Lipinski definition) is 1. The molecule has 0 aliphatic heterocycles. The predicted molar refractivity (Wildman–Crippen MR) is 98.8 cm³/mol. The molecule has 1 fully saturated rings. The molecule has 26 heavy (non-hydrogen) atoms. The molecule has 6 nitrogen and oxygen atoms in total. The van der Waals surface area contributed by atoms with Gasteiger partial charge in [0.05, 0.1) is 6.04 Å². The van der Waals surface area contributed by atoms with Crippen molar-refractivity contribution in [3.8, 4) is 0 Å². The van der Waals surface area contributed by atoms with Crippen LogP contribution >= 0.6 is 0 Å². The van der Waals surface area contributed by atoms with Gasteiger partial charge in [0.15, 0.2) is 0 Å². The fourth-order valence-electron chi connectivity index (χ4n) is 3.33. The molecule has 2 aromatic rings. The average Bonchev–Trinajstić information content (AvgIpc) is 3.35. The number of nitrogens with one attached hydrogen (secondary N) is 1. The summed E-state index contributed by atoms with van der Waals surface area (Å²) in [4.78, 5) is 26.9. The first-order valence-electron chi connectivity index (χ1n) is 9.06. The van der Waals surface area contributed by atoms with Gasteiger partial charge in [-0.3, -0.25) is 9.59 Å². The van der Waals surface area contributed by atoms with Crippen LogP contribution in [0.3, 0.4) is 0 Å². The first-order chi connectivity index (χ1) is 12.5. The van der Waals surface area contributed by atoms with E-state index in [0.717, 1.165) is 31.2 Å². The van der Waals surface area contributed by atoms with E-state index >= 15 is 0 Å². The van der Waals surface area contributed by atoms with Gasteiger partial charge in [-0.2, -0.15) is 0 Å². The minimum Gasteiger partial charge on any atom is -0.364 e. The van der Waals surface area contributed by atoms with Crippen molar-refractivity contribution in [2.24, 2.45) is 5.92 Å². The molecule has 0 radical (unpaired) electrons. The zero-order chi connectivity index (χ0) is 18.7. The fraction of sp³-hybridized carbons (Fsp3) is 0.450. The van der Waals surface area contributed by atoms with Crippen LogP contribution in [0.5, 0.6) is 0 Å². The normalized spacial score (nSPS) is 15.7. The van der Waals surface area contributed by atoms with Crippen molar-refractivity contribution in [3.63, 3.8) is 0 Å². The van der Waals surface area contributed by atoms with Crippen LogP contribution in [0.2, 0.25) is 0 Å². The maximum Gasteiger partial charge on any atom is 0.254 e. The molecule has 1 atom stereocenters. The Balaban J connectivity index is 1.75. The molecule has 1 aliphatic rings. The Morgan fingerprint density at radius 3 is 2.65 bits per heavy atom. The summed E-state index contributed by atoms with van der Waals surface area (Å²) >= 11 is 0. The number of aryl methyl sites for hydroxylation is 1. The molecule has 1 aliphatic carbocycles. The SMILES string of the molecule is Cc1ccc(C(=O)N(C)[C@H](C)c2ccon2)cc1NC(=O)C1CCCC1. The number of nitrogens with zero attached hydrogens (tertiary/aromatic N) is 2. The lowest BCUT2D eigenvalue weighted by molar-refractivity contribution is -0.119. The summed E-state index contributed by atoms with van der Waals surface area (Å²) in [5.41, 5.74) is 2.88. The topological polar surface area (TPSA) is 75.4 Å². The molecule has 1 N–H and O–H groups in total. The summed E-state index contributed by atoms with van der Waals surface area (Å²) in [5.74, 6) is 0.0139.